The van der Waals surface area contributed by atoms with Crippen molar-refractivity contribution in [1.82, 2.24) is 19.6 Å². The molecule has 0 N–H and O–H groups in total. The van der Waals surface area contributed by atoms with Crippen LogP contribution in [0.1, 0.15) is 30.4 Å². The molecule has 6 heteroatoms. The molecule has 2 fully saturated rings. The van der Waals surface area contributed by atoms with Gasteiger partial charge in [0.25, 0.3) is 0 Å². The lowest BCUT2D eigenvalue weighted by atomic mass is 10.1. The Morgan fingerprint density at radius 2 is 1.50 bits per heavy atom. The average Bonchev–Trinajstić information content (AvgIpc) is 2.71. The zero-order valence-corrected chi connectivity index (χ0v) is 17.4. The van der Waals surface area contributed by atoms with Crippen molar-refractivity contribution in [2.45, 2.75) is 32.7 Å². The second kappa shape index (κ2) is 10.0. The normalized spacial score (nSPS) is 18.9. The summed E-state index contributed by atoms with van der Waals surface area (Å²) in [5.74, 6) is 0.420. The molecule has 2 aliphatic heterocycles. The average molecular weight is 387 g/mol. The first-order valence-electron chi connectivity index (χ1n) is 10.5. The van der Waals surface area contributed by atoms with Gasteiger partial charge in [0, 0.05) is 52.9 Å². The predicted octanol–water partition coefficient (Wildman–Crippen LogP) is 1.58. The van der Waals surface area contributed by atoms with Crippen molar-refractivity contribution in [3.05, 3.63) is 35.4 Å². The van der Waals surface area contributed by atoms with E-state index in [4.69, 9.17) is 0 Å². The maximum Gasteiger partial charge on any atom is 0.236 e. The molecule has 1 aromatic rings. The highest BCUT2D eigenvalue weighted by Gasteiger charge is 2.24. The Morgan fingerprint density at radius 3 is 2.14 bits per heavy atom. The number of likely N-dealkylation sites (N-methyl/N-ethyl adjacent to an activating group) is 1. The maximum absolute atomic E-state index is 12.6. The van der Waals surface area contributed by atoms with Gasteiger partial charge >= 0.3 is 0 Å². The number of nitrogens with zero attached hydrogens (tertiary/aromatic N) is 4. The maximum atomic E-state index is 12.6. The van der Waals surface area contributed by atoms with Crippen LogP contribution in [0.15, 0.2) is 24.3 Å². The zero-order chi connectivity index (χ0) is 19.9. The van der Waals surface area contributed by atoms with Crippen molar-refractivity contribution in [2.24, 2.45) is 0 Å². The monoisotopic (exact) mass is 386 g/mol. The van der Waals surface area contributed by atoms with Gasteiger partial charge in [-0.1, -0.05) is 24.3 Å². The van der Waals surface area contributed by atoms with Crippen molar-refractivity contribution in [3.63, 3.8) is 0 Å². The number of rotatable bonds is 6. The van der Waals surface area contributed by atoms with Crippen molar-refractivity contribution in [1.29, 1.82) is 0 Å². The van der Waals surface area contributed by atoms with Crippen LogP contribution < -0.4 is 0 Å². The number of hydrogen-bond donors (Lipinski definition) is 0. The zero-order valence-electron chi connectivity index (χ0n) is 17.4. The lowest BCUT2D eigenvalue weighted by Gasteiger charge is -2.36. The Morgan fingerprint density at radius 1 is 0.893 bits per heavy atom. The molecule has 0 bridgehead atoms. The first-order chi connectivity index (χ1) is 13.5. The Bertz CT molecular complexity index is 664. The van der Waals surface area contributed by atoms with E-state index in [0.717, 1.165) is 52.1 Å². The summed E-state index contributed by atoms with van der Waals surface area (Å²) in [6.07, 6.45) is 3.52. The van der Waals surface area contributed by atoms with E-state index in [1.807, 2.05) is 29.0 Å². The van der Waals surface area contributed by atoms with E-state index >= 15 is 0 Å². The van der Waals surface area contributed by atoms with Crippen molar-refractivity contribution < 1.29 is 9.59 Å². The van der Waals surface area contributed by atoms with Gasteiger partial charge in [0.05, 0.1) is 13.1 Å². The molecule has 3 rings (SSSR count). The Balaban J connectivity index is 1.39. The van der Waals surface area contributed by atoms with Gasteiger partial charge in [-0.15, -0.1) is 0 Å². The minimum atomic E-state index is 0.154. The van der Waals surface area contributed by atoms with Crippen LogP contribution in [-0.2, 0) is 16.1 Å². The minimum absolute atomic E-state index is 0.154. The first-order valence-corrected chi connectivity index (χ1v) is 10.5. The van der Waals surface area contributed by atoms with Gasteiger partial charge in [0.1, 0.15) is 0 Å². The van der Waals surface area contributed by atoms with Crippen LogP contribution in [0.5, 0.6) is 0 Å². The third kappa shape index (κ3) is 5.79. The molecule has 0 unspecified atom stereocenters. The molecule has 2 saturated heterocycles. The van der Waals surface area contributed by atoms with Gasteiger partial charge < -0.3 is 9.80 Å². The predicted molar refractivity (Wildman–Crippen MR) is 111 cm³/mol. The van der Waals surface area contributed by atoms with E-state index < -0.39 is 0 Å². The molecule has 6 nitrogen and oxygen atoms in total. The number of benzene rings is 1. The highest BCUT2D eigenvalue weighted by Crippen LogP contribution is 2.12. The number of carbonyl (C=O) groups excluding carboxylic acids is 2. The van der Waals surface area contributed by atoms with E-state index in [9.17, 15) is 9.59 Å². The summed E-state index contributed by atoms with van der Waals surface area (Å²) in [5, 5.41) is 0. The van der Waals surface area contributed by atoms with Crippen LogP contribution >= 0.6 is 0 Å². The summed E-state index contributed by atoms with van der Waals surface area (Å²) < 4.78 is 0. The quantitative estimate of drug-likeness (QED) is 0.745. The molecule has 154 valence electrons. The van der Waals surface area contributed by atoms with Crippen LogP contribution in [0.2, 0.25) is 0 Å². The second-order valence-corrected chi connectivity index (χ2v) is 8.17. The topological polar surface area (TPSA) is 47.1 Å². The number of piperidine rings is 1. The van der Waals surface area contributed by atoms with Gasteiger partial charge in [0.2, 0.25) is 11.8 Å². The SMILES string of the molecule is Cc1ccccc1CN(C)C(=O)CN1CCN(CC(=O)N2CCCCC2)CC1. The van der Waals surface area contributed by atoms with Crippen LogP contribution in [0.4, 0.5) is 0 Å². The summed E-state index contributed by atoms with van der Waals surface area (Å²) >= 11 is 0. The number of hydrogen-bond acceptors (Lipinski definition) is 4. The molecular weight excluding hydrogens is 352 g/mol. The third-order valence-electron chi connectivity index (χ3n) is 5.99. The molecule has 0 saturated carbocycles. The fraction of sp³-hybridized carbons (Fsp3) is 0.636. The molecule has 0 aliphatic carbocycles. The Kier molecular flexibility index (Phi) is 7.45. The smallest absolute Gasteiger partial charge is 0.236 e. The van der Waals surface area contributed by atoms with E-state index in [0.29, 0.717) is 19.6 Å². The van der Waals surface area contributed by atoms with Crippen LogP contribution in [-0.4, -0.2) is 90.8 Å². The molecule has 0 radical (unpaired) electrons. The van der Waals surface area contributed by atoms with E-state index in [2.05, 4.69) is 28.9 Å². The van der Waals surface area contributed by atoms with Crippen molar-refractivity contribution in [3.8, 4) is 0 Å². The Hall–Kier alpha value is -1.92. The fourth-order valence-electron chi connectivity index (χ4n) is 3.98. The molecule has 0 aromatic heterocycles. The third-order valence-corrected chi connectivity index (χ3v) is 5.99. The first kappa shape index (κ1) is 20.8. The number of piperazine rings is 1. The van der Waals surface area contributed by atoms with Crippen LogP contribution in [0.3, 0.4) is 0 Å². The lowest BCUT2D eigenvalue weighted by Crippen LogP contribution is -2.52. The highest BCUT2D eigenvalue weighted by atomic mass is 16.2. The van der Waals surface area contributed by atoms with Crippen molar-refractivity contribution >= 4 is 11.8 Å². The highest BCUT2D eigenvalue weighted by molar-refractivity contribution is 5.78. The van der Waals surface area contributed by atoms with Gasteiger partial charge in [-0.25, -0.2) is 0 Å². The van der Waals surface area contributed by atoms with Crippen molar-refractivity contribution in [2.75, 3.05) is 59.4 Å². The summed E-state index contributed by atoms with van der Waals surface area (Å²) in [4.78, 5) is 33.3. The van der Waals surface area contributed by atoms with E-state index in [1.165, 1.54) is 17.5 Å². The van der Waals surface area contributed by atoms with Crippen LogP contribution in [0, 0.1) is 6.92 Å². The standard InChI is InChI=1S/C22H34N4O2/c1-19-8-4-5-9-20(19)16-23(2)21(27)17-24-12-14-25(15-13-24)18-22(28)26-10-6-3-7-11-26/h4-5,8-9H,3,6-7,10-18H2,1-2H3. The number of carbonyl (C=O) groups is 2. The number of aryl methyl sites for hydroxylation is 1. The largest absolute Gasteiger partial charge is 0.342 e. The molecule has 2 heterocycles. The van der Waals surface area contributed by atoms with Gasteiger partial charge in [-0.3, -0.25) is 19.4 Å². The van der Waals surface area contributed by atoms with Gasteiger partial charge in [0.15, 0.2) is 0 Å². The number of likely N-dealkylation sites (tertiary alicyclic amines) is 1. The minimum Gasteiger partial charge on any atom is -0.342 e. The molecular formula is C22H34N4O2. The summed E-state index contributed by atoms with van der Waals surface area (Å²) in [5.41, 5.74) is 2.41. The molecule has 2 amide bonds. The van der Waals surface area contributed by atoms with E-state index in [-0.39, 0.29) is 11.8 Å². The van der Waals surface area contributed by atoms with E-state index in [1.54, 1.807) is 0 Å². The molecule has 1 aromatic carbocycles. The molecule has 0 atom stereocenters. The van der Waals surface area contributed by atoms with Gasteiger partial charge in [-0.2, -0.15) is 0 Å². The number of amides is 2. The summed E-state index contributed by atoms with van der Waals surface area (Å²) in [6, 6.07) is 8.20. The Labute approximate surface area is 169 Å². The second-order valence-electron chi connectivity index (χ2n) is 8.17. The van der Waals surface area contributed by atoms with Crippen LogP contribution in [0.25, 0.3) is 0 Å². The molecule has 28 heavy (non-hydrogen) atoms. The lowest BCUT2D eigenvalue weighted by molar-refractivity contribution is -0.135. The summed E-state index contributed by atoms with van der Waals surface area (Å²) in [7, 11) is 1.88. The fourth-order valence-corrected chi connectivity index (χ4v) is 3.98. The summed E-state index contributed by atoms with van der Waals surface area (Å²) in [6.45, 7) is 8.94. The van der Waals surface area contributed by atoms with Gasteiger partial charge in [-0.05, 0) is 37.3 Å². The molecule has 2 aliphatic rings. The molecule has 0 spiro atoms.